The van der Waals surface area contributed by atoms with E-state index in [9.17, 15) is 9.18 Å². The molecule has 0 aromatic heterocycles. The summed E-state index contributed by atoms with van der Waals surface area (Å²) in [5.74, 6) is -1.64. The van der Waals surface area contributed by atoms with Crippen molar-refractivity contribution < 1.29 is 13.9 Å². The molecular weight excluding hydrogens is 257 g/mol. The van der Waals surface area contributed by atoms with E-state index in [4.69, 9.17) is 4.74 Å². The largest absolute Gasteiger partial charge is 0.381 e. The molecule has 106 valence electrons. The van der Waals surface area contributed by atoms with Gasteiger partial charge in [-0.05, 0) is 30.4 Å². The second-order valence-corrected chi connectivity index (χ2v) is 5.66. The summed E-state index contributed by atoms with van der Waals surface area (Å²) in [5.41, 5.74) is 2.29. The average Bonchev–Trinajstić information content (AvgIpc) is 2.73. The van der Waals surface area contributed by atoms with Crippen molar-refractivity contribution in [3.63, 3.8) is 0 Å². The summed E-state index contributed by atoms with van der Waals surface area (Å²) in [4.78, 5) is 11.7. The second kappa shape index (κ2) is 5.02. The number of hydrogen-bond acceptors (Lipinski definition) is 2. The summed E-state index contributed by atoms with van der Waals surface area (Å²) >= 11 is 0. The zero-order valence-electron chi connectivity index (χ0n) is 11.3. The maximum atomic E-state index is 13.0. The molecule has 1 aromatic rings. The smallest absolute Gasteiger partial charge is 0.279 e. The van der Waals surface area contributed by atoms with Crippen molar-refractivity contribution in [2.45, 2.75) is 25.3 Å². The quantitative estimate of drug-likeness (QED) is 0.843. The topological polar surface area (TPSA) is 38.3 Å². The molecule has 1 saturated heterocycles. The molecule has 20 heavy (non-hydrogen) atoms. The fourth-order valence-electron chi connectivity index (χ4n) is 3.47. The minimum absolute atomic E-state index is 0.0486. The molecule has 0 bridgehead atoms. The lowest BCUT2D eigenvalue weighted by Crippen LogP contribution is -2.42. The van der Waals surface area contributed by atoms with Gasteiger partial charge in [0.25, 0.3) is 5.91 Å². The number of ether oxygens (including phenoxy) is 1. The molecule has 0 radical (unpaired) electrons. The molecule has 1 spiro atoms. The highest BCUT2D eigenvalue weighted by Gasteiger charge is 2.47. The van der Waals surface area contributed by atoms with Crippen molar-refractivity contribution in [2.75, 3.05) is 13.2 Å². The summed E-state index contributed by atoms with van der Waals surface area (Å²) in [7, 11) is 0. The predicted molar refractivity (Wildman–Crippen MR) is 73.8 cm³/mol. The van der Waals surface area contributed by atoms with Gasteiger partial charge >= 0.3 is 0 Å². The van der Waals surface area contributed by atoms with Gasteiger partial charge in [0.05, 0.1) is 6.04 Å². The van der Waals surface area contributed by atoms with E-state index in [1.807, 2.05) is 18.2 Å². The van der Waals surface area contributed by atoms with Gasteiger partial charge in [0.2, 0.25) is 0 Å². The van der Waals surface area contributed by atoms with E-state index in [0.717, 1.165) is 24.8 Å². The first-order valence-corrected chi connectivity index (χ1v) is 6.93. The summed E-state index contributed by atoms with van der Waals surface area (Å²) < 4.78 is 18.5. The van der Waals surface area contributed by atoms with Gasteiger partial charge in [-0.2, -0.15) is 0 Å². The Balaban J connectivity index is 1.95. The highest BCUT2D eigenvalue weighted by atomic mass is 19.1. The van der Waals surface area contributed by atoms with Crippen molar-refractivity contribution >= 4 is 5.91 Å². The zero-order chi connectivity index (χ0) is 14.2. The highest BCUT2D eigenvalue weighted by molar-refractivity contribution is 5.91. The number of halogens is 1. The number of nitrogens with one attached hydrogen (secondary N) is 1. The van der Waals surface area contributed by atoms with Crippen molar-refractivity contribution in [2.24, 2.45) is 5.41 Å². The molecule has 1 atom stereocenters. The van der Waals surface area contributed by atoms with E-state index in [0.29, 0.717) is 13.2 Å². The van der Waals surface area contributed by atoms with Gasteiger partial charge in [0.15, 0.2) is 5.83 Å². The standard InChI is InChI=1S/C16H18FNO2/c1-11(17)15(19)18-14-13-5-3-2-4-12(13)10-16(14)6-8-20-9-7-16/h2-5,14H,1,6-10H2,(H,18,19). The average molecular weight is 275 g/mol. The molecule has 1 aliphatic heterocycles. The van der Waals surface area contributed by atoms with Crippen LogP contribution in [0.3, 0.4) is 0 Å². The minimum atomic E-state index is -0.934. The Morgan fingerprint density at radius 2 is 2.05 bits per heavy atom. The predicted octanol–water partition coefficient (Wildman–Crippen LogP) is 2.68. The molecule has 3 rings (SSSR count). The van der Waals surface area contributed by atoms with Gasteiger partial charge < -0.3 is 10.1 Å². The Hall–Kier alpha value is -1.68. The van der Waals surface area contributed by atoms with Gasteiger partial charge in [0, 0.05) is 18.6 Å². The van der Waals surface area contributed by atoms with Crippen LogP contribution in [-0.4, -0.2) is 19.1 Å². The van der Waals surface area contributed by atoms with Crippen LogP contribution in [0, 0.1) is 5.41 Å². The SMILES string of the molecule is C=C(F)C(=O)NC1c2ccccc2CC12CCOCC2. The summed E-state index contributed by atoms with van der Waals surface area (Å²) in [6, 6.07) is 7.92. The maximum Gasteiger partial charge on any atom is 0.279 e. The molecule has 1 aromatic carbocycles. The number of benzene rings is 1. The van der Waals surface area contributed by atoms with Crippen LogP contribution in [-0.2, 0) is 16.0 Å². The molecule has 1 unspecified atom stereocenters. The Bertz CT molecular complexity index is 549. The molecule has 0 saturated carbocycles. The molecule has 1 N–H and O–H groups in total. The molecule has 1 aliphatic carbocycles. The fraction of sp³-hybridized carbons (Fsp3) is 0.438. The van der Waals surface area contributed by atoms with Gasteiger partial charge in [-0.3, -0.25) is 4.79 Å². The molecule has 3 nitrogen and oxygen atoms in total. The van der Waals surface area contributed by atoms with E-state index in [1.54, 1.807) is 0 Å². The molecule has 1 fully saturated rings. The number of carbonyl (C=O) groups excluding carboxylic acids is 1. The van der Waals surface area contributed by atoms with E-state index in [2.05, 4.69) is 18.0 Å². The third kappa shape index (κ3) is 2.14. The molecular formula is C16H18FNO2. The molecule has 4 heteroatoms. The highest BCUT2D eigenvalue weighted by Crippen LogP contribution is 2.51. The lowest BCUT2D eigenvalue weighted by atomic mass is 9.74. The number of amides is 1. The van der Waals surface area contributed by atoms with Crippen molar-refractivity contribution in [3.8, 4) is 0 Å². The number of fused-ring (bicyclic) bond motifs is 1. The lowest BCUT2D eigenvalue weighted by molar-refractivity contribution is -0.121. The second-order valence-electron chi connectivity index (χ2n) is 5.66. The number of carbonyl (C=O) groups is 1. The molecule has 1 heterocycles. The van der Waals surface area contributed by atoms with Gasteiger partial charge in [-0.15, -0.1) is 0 Å². The normalized spacial score (nSPS) is 23.4. The van der Waals surface area contributed by atoms with Crippen LogP contribution < -0.4 is 5.32 Å². The van der Waals surface area contributed by atoms with Crippen LogP contribution in [0.5, 0.6) is 0 Å². The van der Waals surface area contributed by atoms with E-state index in [-0.39, 0.29) is 11.5 Å². The van der Waals surface area contributed by atoms with Crippen LogP contribution in [0.1, 0.15) is 30.0 Å². The molecule has 1 amide bonds. The van der Waals surface area contributed by atoms with Gasteiger partial charge in [-0.25, -0.2) is 4.39 Å². The first kappa shape index (κ1) is 13.3. The van der Waals surface area contributed by atoms with Crippen molar-refractivity contribution in [3.05, 3.63) is 47.8 Å². The van der Waals surface area contributed by atoms with Gasteiger partial charge in [-0.1, -0.05) is 30.8 Å². The Morgan fingerprint density at radius 1 is 1.35 bits per heavy atom. The Kier molecular flexibility index (Phi) is 3.34. The Morgan fingerprint density at radius 3 is 2.75 bits per heavy atom. The Labute approximate surface area is 117 Å². The fourth-order valence-corrected chi connectivity index (χ4v) is 3.47. The summed E-state index contributed by atoms with van der Waals surface area (Å²) in [6.07, 6.45) is 2.67. The number of hydrogen-bond donors (Lipinski definition) is 1. The van der Waals surface area contributed by atoms with Crippen LogP contribution >= 0.6 is 0 Å². The minimum Gasteiger partial charge on any atom is -0.381 e. The summed E-state index contributed by atoms with van der Waals surface area (Å²) in [5, 5.41) is 2.83. The maximum absolute atomic E-state index is 13.0. The van der Waals surface area contributed by atoms with Crippen LogP contribution in [0.2, 0.25) is 0 Å². The van der Waals surface area contributed by atoms with Gasteiger partial charge in [0.1, 0.15) is 0 Å². The van der Waals surface area contributed by atoms with E-state index >= 15 is 0 Å². The van der Waals surface area contributed by atoms with Crippen LogP contribution in [0.15, 0.2) is 36.7 Å². The molecule has 2 aliphatic rings. The van der Waals surface area contributed by atoms with E-state index < -0.39 is 11.7 Å². The first-order valence-electron chi connectivity index (χ1n) is 6.93. The number of rotatable bonds is 2. The van der Waals surface area contributed by atoms with Crippen molar-refractivity contribution in [1.82, 2.24) is 5.32 Å². The third-order valence-corrected chi connectivity index (χ3v) is 4.53. The monoisotopic (exact) mass is 275 g/mol. The van der Waals surface area contributed by atoms with Crippen LogP contribution in [0.25, 0.3) is 0 Å². The van der Waals surface area contributed by atoms with E-state index in [1.165, 1.54) is 5.56 Å². The lowest BCUT2D eigenvalue weighted by Gasteiger charge is -2.39. The zero-order valence-corrected chi connectivity index (χ0v) is 11.3. The van der Waals surface area contributed by atoms with Crippen LogP contribution in [0.4, 0.5) is 4.39 Å². The van der Waals surface area contributed by atoms with Crippen molar-refractivity contribution in [1.29, 1.82) is 0 Å². The first-order chi connectivity index (χ1) is 9.62. The summed E-state index contributed by atoms with van der Waals surface area (Å²) in [6.45, 7) is 4.47. The third-order valence-electron chi connectivity index (χ3n) is 4.53.